The molecule has 2 heteroatoms. The predicted molar refractivity (Wildman–Crippen MR) is 40.1 cm³/mol. The predicted octanol–water partition coefficient (Wildman–Crippen LogP) is 1.59. The SMILES string of the molecule is COCCCOC1CCC1. The molecule has 1 aliphatic carbocycles. The third-order valence-corrected chi connectivity index (χ3v) is 1.90. The van der Waals surface area contributed by atoms with E-state index in [4.69, 9.17) is 9.47 Å². The molecule has 0 bridgehead atoms. The molecule has 2 nitrogen and oxygen atoms in total. The Morgan fingerprint density at radius 3 is 2.60 bits per heavy atom. The van der Waals surface area contributed by atoms with Gasteiger partial charge >= 0.3 is 0 Å². The van der Waals surface area contributed by atoms with Crippen molar-refractivity contribution in [1.29, 1.82) is 0 Å². The van der Waals surface area contributed by atoms with Crippen LogP contribution >= 0.6 is 0 Å². The fourth-order valence-corrected chi connectivity index (χ4v) is 0.991. The van der Waals surface area contributed by atoms with Crippen LogP contribution < -0.4 is 0 Å². The van der Waals surface area contributed by atoms with Crippen molar-refractivity contribution in [2.75, 3.05) is 20.3 Å². The second-order valence-corrected chi connectivity index (χ2v) is 2.77. The van der Waals surface area contributed by atoms with Crippen molar-refractivity contribution in [3.63, 3.8) is 0 Å². The number of ether oxygens (including phenoxy) is 2. The van der Waals surface area contributed by atoms with E-state index >= 15 is 0 Å². The van der Waals surface area contributed by atoms with Crippen molar-refractivity contribution in [3.05, 3.63) is 0 Å². The highest BCUT2D eigenvalue weighted by Crippen LogP contribution is 2.21. The summed E-state index contributed by atoms with van der Waals surface area (Å²) in [4.78, 5) is 0. The second kappa shape index (κ2) is 4.69. The van der Waals surface area contributed by atoms with E-state index in [-0.39, 0.29) is 0 Å². The lowest BCUT2D eigenvalue weighted by Gasteiger charge is -2.25. The first-order chi connectivity index (χ1) is 4.93. The Morgan fingerprint density at radius 2 is 2.10 bits per heavy atom. The van der Waals surface area contributed by atoms with Gasteiger partial charge in [0, 0.05) is 20.3 Å². The third-order valence-electron chi connectivity index (χ3n) is 1.90. The van der Waals surface area contributed by atoms with Gasteiger partial charge in [-0.3, -0.25) is 0 Å². The fourth-order valence-electron chi connectivity index (χ4n) is 0.991. The number of rotatable bonds is 5. The zero-order chi connectivity index (χ0) is 7.23. The standard InChI is InChI=1S/C8H16O2/c1-9-6-3-7-10-8-4-2-5-8/h8H,2-7H2,1H3. The molecule has 0 amide bonds. The summed E-state index contributed by atoms with van der Waals surface area (Å²) in [6.45, 7) is 1.70. The molecule has 1 rings (SSSR count). The van der Waals surface area contributed by atoms with Crippen LogP contribution in [0, 0.1) is 0 Å². The van der Waals surface area contributed by atoms with Crippen molar-refractivity contribution in [2.24, 2.45) is 0 Å². The molecular weight excluding hydrogens is 128 g/mol. The second-order valence-electron chi connectivity index (χ2n) is 2.77. The first-order valence-corrected chi connectivity index (χ1v) is 4.04. The summed E-state index contributed by atoms with van der Waals surface area (Å²) in [5.74, 6) is 0. The molecule has 0 aliphatic heterocycles. The van der Waals surface area contributed by atoms with E-state index in [0.717, 1.165) is 19.6 Å². The lowest BCUT2D eigenvalue weighted by Crippen LogP contribution is -2.22. The van der Waals surface area contributed by atoms with Gasteiger partial charge in [-0.1, -0.05) is 0 Å². The van der Waals surface area contributed by atoms with Crippen molar-refractivity contribution in [2.45, 2.75) is 31.8 Å². The Morgan fingerprint density at radius 1 is 1.30 bits per heavy atom. The van der Waals surface area contributed by atoms with Crippen LogP contribution in [0.5, 0.6) is 0 Å². The van der Waals surface area contributed by atoms with E-state index in [1.54, 1.807) is 7.11 Å². The monoisotopic (exact) mass is 144 g/mol. The average Bonchev–Trinajstić information content (AvgIpc) is 1.84. The quantitative estimate of drug-likeness (QED) is 0.545. The van der Waals surface area contributed by atoms with Gasteiger partial charge in [-0.2, -0.15) is 0 Å². The summed E-state index contributed by atoms with van der Waals surface area (Å²) in [6, 6.07) is 0. The van der Waals surface area contributed by atoms with Crippen LogP contribution in [0.15, 0.2) is 0 Å². The Kier molecular flexibility index (Phi) is 3.76. The van der Waals surface area contributed by atoms with Gasteiger partial charge in [-0.15, -0.1) is 0 Å². The molecule has 0 radical (unpaired) electrons. The highest BCUT2D eigenvalue weighted by molar-refractivity contribution is 4.68. The number of hydrogen-bond acceptors (Lipinski definition) is 2. The van der Waals surface area contributed by atoms with Crippen LogP contribution in [0.3, 0.4) is 0 Å². The summed E-state index contributed by atoms with van der Waals surface area (Å²) < 4.78 is 10.4. The number of hydrogen-bond donors (Lipinski definition) is 0. The Balaban J connectivity index is 1.76. The van der Waals surface area contributed by atoms with Crippen molar-refractivity contribution in [3.8, 4) is 0 Å². The van der Waals surface area contributed by atoms with E-state index in [1.165, 1.54) is 19.3 Å². The molecule has 1 saturated carbocycles. The van der Waals surface area contributed by atoms with Gasteiger partial charge in [-0.05, 0) is 25.7 Å². The molecule has 0 unspecified atom stereocenters. The van der Waals surface area contributed by atoms with Crippen molar-refractivity contribution in [1.82, 2.24) is 0 Å². The highest BCUT2D eigenvalue weighted by atomic mass is 16.5. The maximum Gasteiger partial charge on any atom is 0.0575 e. The average molecular weight is 144 g/mol. The van der Waals surface area contributed by atoms with Gasteiger partial charge < -0.3 is 9.47 Å². The summed E-state index contributed by atoms with van der Waals surface area (Å²) in [7, 11) is 1.73. The lowest BCUT2D eigenvalue weighted by molar-refractivity contribution is -0.00547. The maximum absolute atomic E-state index is 5.50. The zero-order valence-electron chi connectivity index (χ0n) is 6.64. The van der Waals surface area contributed by atoms with Crippen molar-refractivity contribution < 1.29 is 9.47 Å². The van der Waals surface area contributed by atoms with Crippen LogP contribution in [-0.2, 0) is 9.47 Å². The molecule has 0 atom stereocenters. The minimum Gasteiger partial charge on any atom is -0.385 e. The van der Waals surface area contributed by atoms with Gasteiger partial charge in [0.1, 0.15) is 0 Å². The number of methoxy groups -OCH3 is 1. The molecule has 10 heavy (non-hydrogen) atoms. The summed E-state index contributed by atoms with van der Waals surface area (Å²) in [6.07, 6.45) is 5.51. The summed E-state index contributed by atoms with van der Waals surface area (Å²) in [5, 5.41) is 0. The zero-order valence-corrected chi connectivity index (χ0v) is 6.64. The van der Waals surface area contributed by atoms with Gasteiger partial charge in [0.15, 0.2) is 0 Å². The summed E-state index contributed by atoms with van der Waals surface area (Å²) >= 11 is 0. The summed E-state index contributed by atoms with van der Waals surface area (Å²) in [5.41, 5.74) is 0. The van der Waals surface area contributed by atoms with Gasteiger partial charge in [0.05, 0.1) is 6.10 Å². The van der Waals surface area contributed by atoms with E-state index in [0.29, 0.717) is 6.10 Å². The molecule has 0 N–H and O–H groups in total. The normalized spacial score (nSPS) is 18.9. The third kappa shape index (κ3) is 2.67. The smallest absolute Gasteiger partial charge is 0.0575 e. The largest absolute Gasteiger partial charge is 0.385 e. The van der Waals surface area contributed by atoms with Crippen LogP contribution in [0.1, 0.15) is 25.7 Å². The van der Waals surface area contributed by atoms with Gasteiger partial charge in [0.2, 0.25) is 0 Å². The molecular formula is C8H16O2. The lowest BCUT2D eigenvalue weighted by atomic mass is 9.96. The molecule has 0 aromatic carbocycles. The minimum atomic E-state index is 0.580. The Labute approximate surface area is 62.5 Å². The first-order valence-electron chi connectivity index (χ1n) is 4.04. The fraction of sp³-hybridized carbons (Fsp3) is 1.00. The van der Waals surface area contributed by atoms with Crippen LogP contribution in [0.2, 0.25) is 0 Å². The van der Waals surface area contributed by atoms with E-state index < -0.39 is 0 Å². The van der Waals surface area contributed by atoms with Gasteiger partial charge in [0.25, 0.3) is 0 Å². The molecule has 0 aromatic heterocycles. The maximum atomic E-state index is 5.50. The van der Waals surface area contributed by atoms with Crippen LogP contribution in [0.4, 0.5) is 0 Å². The highest BCUT2D eigenvalue weighted by Gasteiger charge is 2.16. The van der Waals surface area contributed by atoms with Crippen molar-refractivity contribution >= 4 is 0 Å². The van der Waals surface area contributed by atoms with Crippen LogP contribution in [0.25, 0.3) is 0 Å². The van der Waals surface area contributed by atoms with E-state index in [9.17, 15) is 0 Å². The molecule has 60 valence electrons. The van der Waals surface area contributed by atoms with Crippen LogP contribution in [-0.4, -0.2) is 26.4 Å². The Bertz CT molecular complexity index is 79.3. The topological polar surface area (TPSA) is 18.5 Å². The Hall–Kier alpha value is -0.0800. The molecule has 0 aromatic rings. The first kappa shape index (κ1) is 8.02. The molecule has 1 aliphatic rings. The van der Waals surface area contributed by atoms with E-state index in [2.05, 4.69) is 0 Å². The molecule has 1 fully saturated rings. The molecule has 0 spiro atoms. The van der Waals surface area contributed by atoms with Gasteiger partial charge in [-0.25, -0.2) is 0 Å². The van der Waals surface area contributed by atoms with E-state index in [1.807, 2.05) is 0 Å². The minimum absolute atomic E-state index is 0.580. The molecule has 0 saturated heterocycles. The molecule has 0 heterocycles.